The molecule has 152 valence electrons. The summed E-state index contributed by atoms with van der Waals surface area (Å²) >= 11 is 0. The second kappa shape index (κ2) is 8.55. The molecule has 0 aliphatic heterocycles. The third-order valence-electron chi connectivity index (χ3n) is 5.54. The van der Waals surface area contributed by atoms with Gasteiger partial charge in [-0.15, -0.1) is 0 Å². The second-order valence-corrected chi connectivity index (χ2v) is 7.88. The predicted molar refractivity (Wildman–Crippen MR) is 113 cm³/mol. The Morgan fingerprint density at radius 3 is 2.07 bits per heavy atom. The van der Waals surface area contributed by atoms with Crippen molar-refractivity contribution < 1.29 is 14.3 Å². The number of methoxy groups -OCH3 is 1. The van der Waals surface area contributed by atoms with Crippen LogP contribution in [0.5, 0.6) is 5.75 Å². The maximum absolute atomic E-state index is 12.4. The zero-order valence-electron chi connectivity index (χ0n) is 16.6. The molecular formula is C23H27N3O3. The summed E-state index contributed by atoms with van der Waals surface area (Å²) in [7, 11) is 1.60. The fourth-order valence-corrected chi connectivity index (χ4v) is 3.57. The topological polar surface area (TPSA) is 79.5 Å². The molecule has 0 heterocycles. The van der Waals surface area contributed by atoms with Crippen molar-refractivity contribution in [2.45, 2.75) is 31.7 Å². The molecule has 4 rings (SSSR count). The van der Waals surface area contributed by atoms with Crippen molar-refractivity contribution in [1.29, 1.82) is 0 Å². The van der Waals surface area contributed by atoms with E-state index < -0.39 is 0 Å². The molecule has 0 aromatic heterocycles. The average molecular weight is 393 g/mol. The summed E-state index contributed by atoms with van der Waals surface area (Å²) in [6, 6.07) is 14.7. The van der Waals surface area contributed by atoms with Crippen LogP contribution in [0.4, 0.5) is 11.4 Å². The molecule has 0 saturated heterocycles. The van der Waals surface area contributed by atoms with Gasteiger partial charge in [0.25, 0.3) is 5.91 Å². The van der Waals surface area contributed by atoms with Crippen LogP contribution in [0, 0.1) is 11.8 Å². The highest BCUT2D eigenvalue weighted by Crippen LogP contribution is 2.44. The molecule has 6 nitrogen and oxygen atoms in total. The number of carbonyl (C=O) groups excluding carboxylic acids is 2. The number of amides is 2. The lowest BCUT2D eigenvalue weighted by Crippen LogP contribution is -2.41. The predicted octanol–water partition coefficient (Wildman–Crippen LogP) is 3.66. The van der Waals surface area contributed by atoms with Crippen molar-refractivity contribution in [3.05, 3.63) is 54.1 Å². The number of hydrogen-bond donors (Lipinski definition) is 3. The van der Waals surface area contributed by atoms with Gasteiger partial charge >= 0.3 is 0 Å². The van der Waals surface area contributed by atoms with E-state index in [4.69, 9.17) is 4.74 Å². The second-order valence-electron chi connectivity index (χ2n) is 7.88. The van der Waals surface area contributed by atoms with Gasteiger partial charge in [-0.1, -0.05) is 0 Å². The molecule has 2 fully saturated rings. The first-order chi connectivity index (χ1) is 14.1. The number of rotatable bonds is 9. The van der Waals surface area contributed by atoms with E-state index in [-0.39, 0.29) is 18.4 Å². The largest absolute Gasteiger partial charge is 0.497 e. The fourth-order valence-electron chi connectivity index (χ4n) is 3.57. The molecule has 2 saturated carbocycles. The molecule has 2 aliphatic carbocycles. The molecular weight excluding hydrogens is 366 g/mol. The smallest absolute Gasteiger partial charge is 0.255 e. The third-order valence-corrected chi connectivity index (χ3v) is 5.54. The van der Waals surface area contributed by atoms with Gasteiger partial charge in [0.1, 0.15) is 5.75 Å². The van der Waals surface area contributed by atoms with Crippen LogP contribution in [0.2, 0.25) is 0 Å². The van der Waals surface area contributed by atoms with Crippen LogP contribution in [0.3, 0.4) is 0 Å². The third kappa shape index (κ3) is 5.28. The van der Waals surface area contributed by atoms with Crippen molar-refractivity contribution in [2.24, 2.45) is 11.8 Å². The highest BCUT2D eigenvalue weighted by molar-refractivity contribution is 6.04. The lowest BCUT2D eigenvalue weighted by atomic mass is 10.1. The van der Waals surface area contributed by atoms with Gasteiger partial charge < -0.3 is 20.7 Å². The summed E-state index contributed by atoms with van der Waals surface area (Å²) < 4.78 is 5.11. The number of hydrogen-bond acceptors (Lipinski definition) is 4. The minimum atomic E-state index is -0.184. The first-order valence-corrected chi connectivity index (χ1v) is 10.2. The Balaban J connectivity index is 1.25. The van der Waals surface area contributed by atoms with E-state index >= 15 is 0 Å². The molecule has 2 aromatic rings. The Morgan fingerprint density at radius 1 is 0.931 bits per heavy atom. The van der Waals surface area contributed by atoms with E-state index in [1.165, 1.54) is 25.7 Å². The van der Waals surface area contributed by atoms with E-state index in [0.717, 1.165) is 11.4 Å². The van der Waals surface area contributed by atoms with Gasteiger partial charge in [-0.2, -0.15) is 0 Å². The van der Waals surface area contributed by atoms with Gasteiger partial charge in [0, 0.05) is 23.0 Å². The Bertz CT molecular complexity index is 844. The van der Waals surface area contributed by atoms with Crippen LogP contribution in [-0.4, -0.2) is 31.5 Å². The van der Waals surface area contributed by atoms with E-state index in [9.17, 15) is 9.59 Å². The van der Waals surface area contributed by atoms with Gasteiger partial charge in [0.05, 0.1) is 13.7 Å². The zero-order chi connectivity index (χ0) is 20.2. The molecule has 0 spiro atoms. The SMILES string of the molecule is COc1ccc(NC(=O)c2ccc(NCC(=O)NC(C3CC3)C3CC3)cc2)cc1. The molecule has 29 heavy (non-hydrogen) atoms. The van der Waals surface area contributed by atoms with Crippen molar-refractivity contribution in [1.82, 2.24) is 5.32 Å². The summed E-state index contributed by atoms with van der Waals surface area (Å²) in [6.45, 7) is 0.243. The Morgan fingerprint density at radius 2 is 1.52 bits per heavy atom. The highest BCUT2D eigenvalue weighted by Gasteiger charge is 2.42. The van der Waals surface area contributed by atoms with Crippen LogP contribution in [-0.2, 0) is 4.79 Å². The number of benzene rings is 2. The first kappa shape index (κ1) is 19.3. The molecule has 0 atom stereocenters. The Hall–Kier alpha value is -3.02. The summed E-state index contributed by atoms with van der Waals surface area (Å²) in [5.41, 5.74) is 2.07. The van der Waals surface area contributed by atoms with Crippen LogP contribution >= 0.6 is 0 Å². The molecule has 0 unspecified atom stereocenters. The van der Waals surface area contributed by atoms with Crippen molar-refractivity contribution in [3.8, 4) is 5.75 Å². The minimum Gasteiger partial charge on any atom is -0.497 e. The van der Waals surface area contributed by atoms with Crippen LogP contribution < -0.4 is 20.7 Å². The maximum atomic E-state index is 12.4. The van der Waals surface area contributed by atoms with E-state index in [0.29, 0.717) is 29.1 Å². The normalized spacial score (nSPS) is 15.7. The molecule has 0 bridgehead atoms. The lowest BCUT2D eigenvalue weighted by molar-refractivity contribution is -0.120. The van der Waals surface area contributed by atoms with E-state index in [1.807, 2.05) is 12.1 Å². The standard InChI is InChI=1S/C23H27N3O3/c1-29-20-12-10-19(11-13-20)25-23(28)17-6-8-18(9-7-17)24-14-21(27)26-22(15-2-3-15)16-4-5-16/h6-13,15-16,22,24H,2-5,14H2,1H3,(H,25,28)(H,26,27). The number of ether oxygens (including phenoxy) is 1. The number of carbonyl (C=O) groups is 2. The molecule has 2 aromatic carbocycles. The molecule has 0 radical (unpaired) electrons. The molecule has 2 aliphatic rings. The van der Waals surface area contributed by atoms with Crippen molar-refractivity contribution >= 4 is 23.2 Å². The minimum absolute atomic E-state index is 0.0372. The van der Waals surface area contributed by atoms with Crippen molar-refractivity contribution in [3.63, 3.8) is 0 Å². The summed E-state index contributed by atoms with van der Waals surface area (Å²) in [6.07, 6.45) is 4.98. The van der Waals surface area contributed by atoms with Gasteiger partial charge in [-0.25, -0.2) is 0 Å². The van der Waals surface area contributed by atoms with Crippen LogP contribution in [0.15, 0.2) is 48.5 Å². The quantitative estimate of drug-likeness (QED) is 0.607. The van der Waals surface area contributed by atoms with Gasteiger partial charge in [0.2, 0.25) is 5.91 Å². The van der Waals surface area contributed by atoms with E-state index in [1.54, 1.807) is 43.5 Å². The Labute approximate surface area is 171 Å². The highest BCUT2D eigenvalue weighted by atomic mass is 16.5. The first-order valence-electron chi connectivity index (χ1n) is 10.2. The molecule has 3 N–H and O–H groups in total. The monoisotopic (exact) mass is 393 g/mol. The van der Waals surface area contributed by atoms with E-state index in [2.05, 4.69) is 16.0 Å². The summed E-state index contributed by atoms with van der Waals surface area (Å²) in [4.78, 5) is 24.6. The lowest BCUT2D eigenvalue weighted by Gasteiger charge is -2.18. The fraction of sp³-hybridized carbons (Fsp3) is 0.391. The summed E-state index contributed by atoms with van der Waals surface area (Å²) in [5.74, 6) is 1.97. The van der Waals surface area contributed by atoms with Gasteiger partial charge in [0.15, 0.2) is 0 Å². The Kier molecular flexibility index (Phi) is 5.69. The zero-order valence-corrected chi connectivity index (χ0v) is 16.6. The number of anilines is 2. The van der Waals surface area contributed by atoms with Crippen LogP contribution in [0.1, 0.15) is 36.0 Å². The molecule has 2 amide bonds. The summed E-state index contributed by atoms with van der Waals surface area (Å²) in [5, 5.41) is 9.20. The van der Waals surface area contributed by atoms with Crippen molar-refractivity contribution in [2.75, 3.05) is 24.3 Å². The van der Waals surface area contributed by atoms with Gasteiger partial charge in [-0.3, -0.25) is 9.59 Å². The average Bonchev–Trinajstić information content (AvgIpc) is 3.65. The van der Waals surface area contributed by atoms with Crippen LogP contribution in [0.25, 0.3) is 0 Å². The van der Waals surface area contributed by atoms with Gasteiger partial charge in [-0.05, 0) is 86.1 Å². The molecule has 6 heteroatoms. The maximum Gasteiger partial charge on any atom is 0.255 e. The number of nitrogens with one attached hydrogen (secondary N) is 3.